The zero-order valence-electron chi connectivity index (χ0n) is 14.9. The summed E-state index contributed by atoms with van der Waals surface area (Å²) in [5, 5.41) is 3.40. The van der Waals surface area contributed by atoms with Crippen LogP contribution in [-0.2, 0) is 10.0 Å². The van der Waals surface area contributed by atoms with Crippen LogP contribution in [0.15, 0.2) is 41.3 Å². The Balaban J connectivity index is 2.41. The van der Waals surface area contributed by atoms with Crippen LogP contribution < -0.4 is 5.32 Å². The summed E-state index contributed by atoms with van der Waals surface area (Å²) < 4.78 is 26.5. The number of halogens is 2. The molecule has 0 bridgehead atoms. The molecule has 1 N–H and O–H groups in total. The smallest absolute Gasteiger partial charge is 0.257 e. The summed E-state index contributed by atoms with van der Waals surface area (Å²) in [6, 6.07) is 8.99. The van der Waals surface area contributed by atoms with Gasteiger partial charge in [-0.15, -0.1) is 0 Å². The summed E-state index contributed by atoms with van der Waals surface area (Å²) >= 11 is 12.2. The normalized spacial score (nSPS) is 11.8. The molecule has 0 saturated heterocycles. The third kappa shape index (κ3) is 4.20. The lowest BCUT2D eigenvalue weighted by Gasteiger charge is -2.21. The van der Waals surface area contributed by atoms with Gasteiger partial charge in [-0.25, -0.2) is 8.42 Å². The maximum absolute atomic E-state index is 12.7. The number of sulfonamides is 1. The van der Waals surface area contributed by atoms with Gasteiger partial charge in [0.25, 0.3) is 5.91 Å². The van der Waals surface area contributed by atoms with Crippen molar-refractivity contribution >= 4 is 44.8 Å². The van der Waals surface area contributed by atoms with Crippen LogP contribution in [0.4, 0.5) is 5.69 Å². The second kappa shape index (κ2) is 7.96. The molecule has 0 aliphatic rings. The van der Waals surface area contributed by atoms with Crippen molar-refractivity contribution in [3.8, 4) is 0 Å². The molecule has 2 aromatic carbocycles. The monoisotopic (exact) mass is 414 g/mol. The van der Waals surface area contributed by atoms with E-state index in [4.69, 9.17) is 23.2 Å². The molecular formula is C18H20Cl2N2O3S. The van der Waals surface area contributed by atoms with Gasteiger partial charge in [-0.3, -0.25) is 4.79 Å². The van der Waals surface area contributed by atoms with Crippen LogP contribution in [0.1, 0.15) is 29.8 Å². The average molecular weight is 415 g/mol. The topological polar surface area (TPSA) is 66.5 Å². The fourth-order valence-electron chi connectivity index (χ4n) is 2.22. The lowest BCUT2D eigenvalue weighted by molar-refractivity contribution is 0.102. The van der Waals surface area contributed by atoms with E-state index in [2.05, 4.69) is 5.32 Å². The number of amides is 1. The molecule has 0 spiro atoms. The number of benzene rings is 2. The number of rotatable bonds is 5. The number of nitrogens with one attached hydrogen (secondary N) is 1. The van der Waals surface area contributed by atoms with E-state index >= 15 is 0 Å². The first kappa shape index (κ1) is 20.7. The number of anilines is 1. The minimum Gasteiger partial charge on any atom is -0.322 e. The summed E-state index contributed by atoms with van der Waals surface area (Å²) in [6.45, 7) is 5.31. The SMILES string of the molecule is Cc1c(Cl)cccc1NC(=O)c1cc(S(=O)(=O)N(C)C(C)C)ccc1Cl. The van der Waals surface area contributed by atoms with Gasteiger partial charge >= 0.3 is 0 Å². The highest BCUT2D eigenvalue weighted by Crippen LogP contribution is 2.27. The molecule has 2 aromatic rings. The predicted octanol–water partition coefficient (Wildman–Crippen LogP) is 4.58. The molecular weight excluding hydrogens is 395 g/mol. The third-order valence-electron chi connectivity index (χ3n) is 4.10. The van der Waals surface area contributed by atoms with Crippen LogP contribution in [0.2, 0.25) is 10.0 Å². The maximum atomic E-state index is 12.7. The van der Waals surface area contributed by atoms with Crippen LogP contribution in [0.5, 0.6) is 0 Å². The Hall–Kier alpha value is -1.60. The van der Waals surface area contributed by atoms with E-state index in [9.17, 15) is 13.2 Å². The van der Waals surface area contributed by atoms with E-state index in [-0.39, 0.29) is 21.5 Å². The standard InChI is InChI=1S/C18H20Cl2N2O3S/c1-11(2)22(4)26(24,25)13-8-9-16(20)14(10-13)18(23)21-17-7-5-6-15(19)12(17)3/h5-11H,1-4H3,(H,21,23). The Morgan fingerprint density at radius 3 is 2.38 bits per heavy atom. The first-order chi connectivity index (χ1) is 12.1. The Labute approximate surface area is 164 Å². The quantitative estimate of drug-likeness (QED) is 0.777. The van der Waals surface area contributed by atoms with Crippen molar-refractivity contribution in [2.45, 2.75) is 31.7 Å². The van der Waals surface area contributed by atoms with Gasteiger partial charge in [-0.1, -0.05) is 29.3 Å². The van der Waals surface area contributed by atoms with E-state index in [0.29, 0.717) is 16.3 Å². The Morgan fingerprint density at radius 1 is 1.12 bits per heavy atom. The molecule has 0 atom stereocenters. The number of hydrogen-bond donors (Lipinski definition) is 1. The van der Waals surface area contributed by atoms with Gasteiger partial charge in [-0.2, -0.15) is 4.31 Å². The van der Waals surface area contributed by atoms with Gasteiger partial charge in [0.15, 0.2) is 0 Å². The number of carbonyl (C=O) groups is 1. The lowest BCUT2D eigenvalue weighted by atomic mass is 10.1. The second-order valence-electron chi connectivity index (χ2n) is 6.12. The largest absolute Gasteiger partial charge is 0.322 e. The average Bonchev–Trinajstić information content (AvgIpc) is 2.58. The molecule has 8 heteroatoms. The van der Waals surface area contributed by atoms with Crippen LogP contribution in [0.3, 0.4) is 0 Å². The zero-order chi connectivity index (χ0) is 19.6. The summed E-state index contributed by atoms with van der Waals surface area (Å²) in [7, 11) is -2.24. The van der Waals surface area contributed by atoms with Crippen molar-refractivity contribution in [2.24, 2.45) is 0 Å². The molecule has 0 aromatic heterocycles. The Bertz CT molecular complexity index is 943. The summed E-state index contributed by atoms with van der Waals surface area (Å²) in [5.74, 6) is -0.510. The van der Waals surface area contributed by atoms with Crippen LogP contribution >= 0.6 is 23.2 Å². The van der Waals surface area contributed by atoms with Crippen molar-refractivity contribution in [2.75, 3.05) is 12.4 Å². The van der Waals surface area contributed by atoms with Crippen molar-refractivity contribution in [1.29, 1.82) is 0 Å². The summed E-state index contributed by atoms with van der Waals surface area (Å²) in [5.41, 5.74) is 1.32. The van der Waals surface area contributed by atoms with Crippen LogP contribution in [0, 0.1) is 6.92 Å². The zero-order valence-corrected chi connectivity index (χ0v) is 17.2. The third-order valence-corrected chi connectivity index (χ3v) is 6.87. The maximum Gasteiger partial charge on any atom is 0.257 e. The van der Waals surface area contributed by atoms with Gasteiger partial charge in [0.1, 0.15) is 0 Å². The highest BCUT2D eigenvalue weighted by Gasteiger charge is 2.25. The number of hydrogen-bond acceptors (Lipinski definition) is 3. The first-order valence-electron chi connectivity index (χ1n) is 7.89. The summed E-state index contributed by atoms with van der Waals surface area (Å²) in [4.78, 5) is 12.6. The van der Waals surface area contributed by atoms with Gasteiger partial charge in [0.05, 0.1) is 15.5 Å². The predicted molar refractivity (Wildman–Crippen MR) is 106 cm³/mol. The van der Waals surface area contributed by atoms with E-state index in [1.807, 2.05) is 0 Å². The lowest BCUT2D eigenvalue weighted by Crippen LogP contribution is -2.33. The first-order valence-corrected chi connectivity index (χ1v) is 10.1. The summed E-state index contributed by atoms with van der Waals surface area (Å²) in [6.07, 6.45) is 0. The molecule has 5 nitrogen and oxygen atoms in total. The molecule has 140 valence electrons. The molecule has 1 amide bonds. The van der Waals surface area contributed by atoms with Gasteiger partial charge < -0.3 is 5.32 Å². The van der Waals surface area contributed by atoms with Crippen LogP contribution in [-0.4, -0.2) is 31.7 Å². The second-order valence-corrected chi connectivity index (χ2v) is 8.94. The Morgan fingerprint density at radius 2 is 1.77 bits per heavy atom. The van der Waals surface area contributed by atoms with E-state index in [0.717, 1.165) is 0 Å². The molecule has 0 aliphatic carbocycles. The van der Waals surface area contributed by atoms with E-state index in [1.165, 1.54) is 29.6 Å². The minimum absolute atomic E-state index is 0.00562. The van der Waals surface area contributed by atoms with Crippen molar-refractivity contribution in [1.82, 2.24) is 4.31 Å². The number of nitrogens with zero attached hydrogens (tertiary/aromatic N) is 1. The number of carbonyl (C=O) groups excluding carboxylic acids is 1. The molecule has 0 unspecified atom stereocenters. The molecule has 0 radical (unpaired) electrons. The van der Waals surface area contributed by atoms with Crippen molar-refractivity contribution in [3.05, 3.63) is 57.6 Å². The highest BCUT2D eigenvalue weighted by atomic mass is 35.5. The van der Waals surface area contributed by atoms with Crippen molar-refractivity contribution < 1.29 is 13.2 Å². The molecule has 2 rings (SSSR count). The van der Waals surface area contributed by atoms with Crippen LogP contribution in [0.25, 0.3) is 0 Å². The fourth-order valence-corrected chi connectivity index (χ4v) is 3.99. The fraction of sp³-hybridized carbons (Fsp3) is 0.278. The van der Waals surface area contributed by atoms with Gasteiger partial charge in [-0.05, 0) is 56.7 Å². The Kier molecular flexibility index (Phi) is 6.34. The molecule has 0 heterocycles. The molecule has 0 saturated carbocycles. The molecule has 0 fully saturated rings. The van der Waals surface area contributed by atoms with Gasteiger partial charge in [0, 0.05) is 23.8 Å². The molecule has 26 heavy (non-hydrogen) atoms. The van der Waals surface area contributed by atoms with Gasteiger partial charge in [0.2, 0.25) is 10.0 Å². The highest BCUT2D eigenvalue weighted by molar-refractivity contribution is 7.89. The minimum atomic E-state index is -3.73. The van der Waals surface area contributed by atoms with E-state index < -0.39 is 15.9 Å². The molecule has 0 aliphatic heterocycles. The van der Waals surface area contributed by atoms with Crippen molar-refractivity contribution in [3.63, 3.8) is 0 Å². The van der Waals surface area contributed by atoms with E-state index in [1.54, 1.807) is 39.0 Å².